The Balaban J connectivity index is 1.76. The first-order valence-corrected chi connectivity index (χ1v) is 9.26. The van der Waals surface area contributed by atoms with Gasteiger partial charge in [0, 0.05) is 12.2 Å². The van der Waals surface area contributed by atoms with Crippen molar-refractivity contribution in [1.29, 1.82) is 5.26 Å². The highest BCUT2D eigenvalue weighted by atomic mass is 15.1. The van der Waals surface area contributed by atoms with Crippen LogP contribution in [0.15, 0.2) is 73.2 Å². The number of rotatable bonds is 4. The molecule has 3 aromatic rings. The van der Waals surface area contributed by atoms with Crippen molar-refractivity contribution in [3.8, 4) is 6.07 Å². The number of imidazole rings is 1. The summed E-state index contributed by atoms with van der Waals surface area (Å²) in [6.07, 6.45) is 7.17. The highest BCUT2D eigenvalue weighted by Gasteiger charge is 2.46. The molecule has 0 bridgehead atoms. The van der Waals surface area contributed by atoms with Gasteiger partial charge in [0.1, 0.15) is 5.41 Å². The minimum Gasteiger partial charge on any atom is -0.334 e. The van der Waals surface area contributed by atoms with Crippen molar-refractivity contribution < 1.29 is 0 Å². The summed E-state index contributed by atoms with van der Waals surface area (Å²) < 4.78 is 2.23. The molecule has 2 unspecified atom stereocenters. The van der Waals surface area contributed by atoms with Crippen LogP contribution in [0.3, 0.4) is 0 Å². The van der Waals surface area contributed by atoms with Crippen LogP contribution >= 0.6 is 0 Å². The van der Waals surface area contributed by atoms with E-state index in [2.05, 4.69) is 46.1 Å². The number of nitriles is 1. The Morgan fingerprint density at radius 1 is 1.00 bits per heavy atom. The summed E-state index contributed by atoms with van der Waals surface area (Å²) in [5, 5.41) is 10.4. The van der Waals surface area contributed by atoms with Crippen LogP contribution in [0, 0.1) is 24.2 Å². The smallest absolute Gasteiger partial charge is 0.110 e. The van der Waals surface area contributed by atoms with Crippen LogP contribution in [0.2, 0.25) is 0 Å². The molecule has 130 valence electrons. The van der Waals surface area contributed by atoms with Gasteiger partial charge in [0.15, 0.2) is 0 Å². The van der Waals surface area contributed by atoms with Gasteiger partial charge in [0.2, 0.25) is 0 Å². The number of hydrogen-bond acceptors (Lipinski definition) is 2. The fourth-order valence-electron chi connectivity index (χ4n) is 4.52. The quantitative estimate of drug-likeness (QED) is 0.667. The molecule has 0 radical (unpaired) electrons. The van der Waals surface area contributed by atoms with Gasteiger partial charge in [-0.2, -0.15) is 5.26 Å². The van der Waals surface area contributed by atoms with Gasteiger partial charge in [-0.1, -0.05) is 60.7 Å². The van der Waals surface area contributed by atoms with Crippen molar-refractivity contribution in [2.24, 2.45) is 5.92 Å². The van der Waals surface area contributed by atoms with Gasteiger partial charge in [-0.25, -0.2) is 4.98 Å². The zero-order valence-corrected chi connectivity index (χ0v) is 15.0. The summed E-state index contributed by atoms with van der Waals surface area (Å²) in [4.78, 5) is 4.38. The lowest BCUT2D eigenvalue weighted by Gasteiger charge is -2.34. The third-order valence-corrected chi connectivity index (χ3v) is 5.80. The molecule has 1 aliphatic carbocycles. The van der Waals surface area contributed by atoms with Gasteiger partial charge in [-0.05, 0) is 43.2 Å². The van der Waals surface area contributed by atoms with E-state index >= 15 is 0 Å². The van der Waals surface area contributed by atoms with Gasteiger partial charge in [0.05, 0.1) is 18.1 Å². The molecule has 0 aliphatic heterocycles. The van der Waals surface area contributed by atoms with Gasteiger partial charge in [-0.3, -0.25) is 0 Å². The van der Waals surface area contributed by atoms with Crippen LogP contribution in [-0.4, -0.2) is 9.55 Å². The lowest BCUT2D eigenvalue weighted by Crippen LogP contribution is -2.34. The first-order valence-electron chi connectivity index (χ1n) is 9.26. The Kier molecular flexibility index (Phi) is 4.34. The first-order chi connectivity index (χ1) is 12.7. The molecule has 3 nitrogen and oxygen atoms in total. The third-order valence-electron chi connectivity index (χ3n) is 5.80. The van der Waals surface area contributed by atoms with E-state index in [9.17, 15) is 5.26 Å². The Morgan fingerprint density at radius 2 is 1.62 bits per heavy atom. The summed E-state index contributed by atoms with van der Waals surface area (Å²) in [5.41, 5.74) is 2.64. The normalized spacial score (nSPS) is 20.0. The molecule has 1 heterocycles. The molecule has 0 amide bonds. The monoisotopic (exact) mass is 341 g/mol. The topological polar surface area (TPSA) is 41.6 Å². The molecule has 0 N–H and O–H groups in total. The zero-order valence-electron chi connectivity index (χ0n) is 15.0. The molecular formula is C23H23N3. The zero-order chi connectivity index (χ0) is 18.0. The summed E-state index contributed by atoms with van der Waals surface area (Å²) >= 11 is 0. The molecule has 2 aromatic carbocycles. The first kappa shape index (κ1) is 16.6. The maximum Gasteiger partial charge on any atom is 0.110 e. The second kappa shape index (κ2) is 6.80. The largest absolute Gasteiger partial charge is 0.334 e. The predicted octanol–water partition coefficient (Wildman–Crippen LogP) is 5.04. The van der Waals surface area contributed by atoms with Crippen LogP contribution in [0.5, 0.6) is 0 Å². The number of hydrogen-bond donors (Lipinski definition) is 0. The van der Waals surface area contributed by atoms with Crippen molar-refractivity contribution in [2.45, 2.75) is 37.6 Å². The molecule has 3 heteroatoms. The van der Waals surface area contributed by atoms with E-state index in [1.165, 1.54) is 0 Å². The summed E-state index contributed by atoms with van der Waals surface area (Å²) in [6, 6.07) is 23.8. The van der Waals surface area contributed by atoms with E-state index < -0.39 is 5.41 Å². The summed E-state index contributed by atoms with van der Waals surface area (Å²) in [6.45, 7) is 2.02. The molecule has 2 atom stereocenters. The number of aromatic nitrogens is 2. The predicted molar refractivity (Wildman–Crippen MR) is 103 cm³/mol. The fraction of sp³-hybridized carbons (Fsp3) is 0.304. The van der Waals surface area contributed by atoms with E-state index in [1.807, 2.05) is 49.6 Å². The lowest BCUT2D eigenvalue weighted by atomic mass is 9.66. The molecule has 26 heavy (non-hydrogen) atoms. The molecular weight excluding hydrogens is 318 g/mol. The van der Waals surface area contributed by atoms with Gasteiger partial charge < -0.3 is 4.57 Å². The van der Waals surface area contributed by atoms with Crippen LogP contribution in [0.25, 0.3) is 0 Å². The Bertz CT molecular complexity index is 866. The maximum absolute atomic E-state index is 10.4. The molecule has 1 fully saturated rings. The molecule has 1 aromatic heterocycles. The molecule has 1 saturated carbocycles. The second-order valence-corrected chi connectivity index (χ2v) is 7.28. The standard InChI is InChI=1S/C23H23N3/c1-18-15-26(17-25-18)22-13-12-21(14-22)23(16-24,19-8-4-2-5-9-19)20-10-6-3-7-11-20/h2-11,15,17,21-22H,12-14H2,1H3. The Morgan fingerprint density at radius 3 is 2.12 bits per heavy atom. The lowest BCUT2D eigenvalue weighted by molar-refractivity contribution is 0.381. The SMILES string of the molecule is Cc1cn(C2CCC(C(C#N)(c3ccccc3)c3ccccc3)C2)cn1. The van der Waals surface area contributed by atoms with E-state index in [1.54, 1.807) is 0 Å². The fourth-order valence-corrected chi connectivity index (χ4v) is 4.52. The van der Waals surface area contributed by atoms with Crippen LogP contribution < -0.4 is 0 Å². The van der Waals surface area contributed by atoms with Gasteiger partial charge in [-0.15, -0.1) is 0 Å². The molecule has 4 rings (SSSR count). The second-order valence-electron chi connectivity index (χ2n) is 7.28. The summed E-state index contributed by atoms with van der Waals surface area (Å²) in [7, 11) is 0. The van der Waals surface area contributed by atoms with Gasteiger partial charge in [0.25, 0.3) is 0 Å². The number of benzene rings is 2. The van der Waals surface area contributed by atoms with E-state index in [4.69, 9.17) is 0 Å². The van der Waals surface area contributed by atoms with Crippen molar-refractivity contribution in [2.75, 3.05) is 0 Å². The average molecular weight is 341 g/mol. The van der Waals surface area contributed by atoms with E-state index in [-0.39, 0.29) is 5.92 Å². The molecule has 0 spiro atoms. The highest BCUT2D eigenvalue weighted by molar-refractivity contribution is 5.47. The van der Waals surface area contributed by atoms with E-state index in [0.29, 0.717) is 6.04 Å². The Labute approximate surface area is 154 Å². The Hall–Kier alpha value is -2.86. The highest BCUT2D eigenvalue weighted by Crippen LogP contribution is 2.49. The number of aryl methyl sites for hydroxylation is 1. The van der Waals surface area contributed by atoms with E-state index in [0.717, 1.165) is 36.1 Å². The minimum atomic E-state index is -0.604. The van der Waals surface area contributed by atoms with Crippen LogP contribution in [0.1, 0.15) is 42.1 Å². The third kappa shape index (κ3) is 2.72. The van der Waals surface area contributed by atoms with Gasteiger partial charge >= 0.3 is 0 Å². The number of nitrogens with zero attached hydrogens (tertiary/aromatic N) is 3. The van der Waals surface area contributed by atoms with Crippen molar-refractivity contribution in [1.82, 2.24) is 9.55 Å². The minimum absolute atomic E-state index is 0.282. The average Bonchev–Trinajstić information content (AvgIpc) is 3.34. The van der Waals surface area contributed by atoms with Crippen LogP contribution in [-0.2, 0) is 5.41 Å². The van der Waals surface area contributed by atoms with Crippen molar-refractivity contribution in [3.05, 3.63) is 90.0 Å². The van der Waals surface area contributed by atoms with Crippen LogP contribution in [0.4, 0.5) is 0 Å². The molecule has 1 aliphatic rings. The van der Waals surface area contributed by atoms with Crippen molar-refractivity contribution >= 4 is 0 Å². The maximum atomic E-state index is 10.4. The molecule has 0 saturated heterocycles. The summed E-state index contributed by atoms with van der Waals surface area (Å²) in [5.74, 6) is 0.282. The van der Waals surface area contributed by atoms with Crippen molar-refractivity contribution in [3.63, 3.8) is 0 Å².